The molecule has 2 atom stereocenters. The van der Waals surface area contributed by atoms with E-state index < -0.39 is 36.4 Å². The van der Waals surface area contributed by atoms with Crippen LogP contribution < -0.4 is 11.1 Å². The minimum atomic E-state index is -1.24. The summed E-state index contributed by atoms with van der Waals surface area (Å²) in [5.74, 6) is -3.47. The first-order valence-electron chi connectivity index (χ1n) is 4.76. The van der Waals surface area contributed by atoms with Gasteiger partial charge in [-0.05, 0) is 5.92 Å². The van der Waals surface area contributed by atoms with Crippen LogP contribution in [0.4, 0.5) is 0 Å². The topological polar surface area (TPSA) is 130 Å². The highest BCUT2D eigenvalue weighted by Crippen LogP contribution is 2.02. The van der Waals surface area contributed by atoms with Gasteiger partial charge in [-0.25, -0.2) is 4.79 Å². The largest absolute Gasteiger partial charge is 0.481 e. The van der Waals surface area contributed by atoms with Gasteiger partial charge < -0.3 is 21.3 Å². The van der Waals surface area contributed by atoms with Gasteiger partial charge in [0.25, 0.3) is 0 Å². The van der Waals surface area contributed by atoms with Gasteiger partial charge in [-0.3, -0.25) is 9.59 Å². The van der Waals surface area contributed by atoms with Gasteiger partial charge in [-0.2, -0.15) is 0 Å². The third-order valence-corrected chi connectivity index (χ3v) is 1.96. The normalized spacial score (nSPS) is 14.2. The molecule has 0 unspecified atom stereocenters. The minimum absolute atomic E-state index is 0.307. The second-order valence-corrected chi connectivity index (χ2v) is 3.77. The lowest BCUT2D eigenvalue weighted by Crippen LogP contribution is -2.51. The lowest BCUT2D eigenvalue weighted by molar-refractivity contribution is -0.143. The van der Waals surface area contributed by atoms with E-state index in [0.29, 0.717) is 0 Å². The van der Waals surface area contributed by atoms with Crippen LogP contribution in [0.5, 0.6) is 0 Å². The van der Waals surface area contributed by atoms with Crippen LogP contribution in [0.25, 0.3) is 0 Å². The van der Waals surface area contributed by atoms with Crippen molar-refractivity contribution in [3.8, 4) is 0 Å². The Kier molecular flexibility index (Phi) is 5.44. The fraction of sp³-hybridized carbons (Fsp3) is 0.667. The van der Waals surface area contributed by atoms with Gasteiger partial charge in [-0.1, -0.05) is 13.8 Å². The van der Waals surface area contributed by atoms with E-state index in [-0.39, 0.29) is 5.92 Å². The van der Waals surface area contributed by atoms with Crippen molar-refractivity contribution in [3.05, 3.63) is 0 Å². The summed E-state index contributed by atoms with van der Waals surface area (Å²) in [4.78, 5) is 32.4. The first-order valence-corrected chi connectivity index (χ1v) is 4.76. The second kappa shape index (κ2) is 6.06. The highest BCUT2D eigenvalue weighted by molar-refractivity contribution is 5.89. The maximum atomic E-state index is 11.3. The molecule has 0 spiro atoms. The molecule has 7 nitrogen and oxygen atoms in total. The molecule has 0 aromatic rings. The molecular formula is C9H16N2O5. The van der Waals surface area contributed by atoms with Crippen LogP contribution in [0.2, 0.25) is 0 Å². The number of carbonyl (C=O) groups excluding carboxylic acids is 1. The zero-order valence-electron chi connectivity index (χ0n) is 9.14. The number of carbonyl (C=O) groups is 3. The van der Waals surface area contributed by atoms with Gasteiger partial charge in [0.15, 0.2) is 0 Å². The Labute approximate surface area is 92.6 Å². The number of carboxylic acids is 2. The van der Waals surface area contributed by atoms with Crippen LogP contribution in [0.3, 0.4) is 0 Å². The van der Waals surface area contributed by atoms with E-state index in [1.165, 1.54) is 0 Å². The molecule has 0 saturated carbocycles. The summed E-state index contributed by atoms with van der Waals surface area (Å²) in [5, 5.41) is 19.4. The van der Waals surface area contributed by atoms with Gasteiger partial charge >= 0.3 is 11.9 Å². The number of aliphatic carboxylic acids is 2. The van der Waals surface area contributed by atoms with E-state index in [4.69, 9.17) is 15.9 Å². The van der Waals surface area contributed by atoms with Crippen LogP contribution in [0, 0.1) is 5.92 Å². The zero-order chi connectivity index (χ0) is 12.9. The average Bonchev–Trinajstić information content (AvgIpc) is 2.11. The molecular weight excluding hydrogens is 216 g/mol. The molecule has 0 aliphatic carbocycles. The van der Waals surface area contributed by atoms with Crippen LogP contribution >= 0.6 is 0 Å². The van der Waals surface area contributed by atoms with Gasteiger partial charge in [-0.15, -0.1) is 0 Å². The molecule has 16 heavy (non-hydrogen) atoms. The lowest BCUT2D eigenvalue weighted by atomic mass is 10.0. The number of rotatable bonds is 6. The Balaban J connectivity index is 4.40. The molecule has 0 aliphatic rings. The number of hydrogen-bond acceptors (Lipinski definition) is 4. The summed E-state index contributed by atoms with van der Waals surface area (Å²) in [5.41, 5.74) is 5.28. The van der Waals surface area contributed by atoms with Crippen LogP contribution in [0.1, 0.15) is 20.3 Å². The summed E-state index contributed by atoms with van der Waals surface area (Å²) in [7, 11) is 0. The molecule has 5 N–H and O–H groups in total. The monoisotopic (exact) mass is 232 g/mol. The van der Waals surface area contributed by atoms with Crippen molar-refractivity contribution in [2.45, 2.75) is 32.4 Å². The Bertz CT molecular complexity index is 290. The number of carboxylic acid groups (broad SMARTS) is 2. The van der Waals surface area contributed by atoms with E-state index in [1.807, 2.05) is 0 Å². The van der Waals surface area contributed by atoms with Gasteiger partial charge in [0.05, 0.1) is 12.5 Å². The van der Waals surface area contributed by atoms with E-state index in [0.717, 1.165) is 0 Å². The van der Waals surface area contributed by atoms with E-state index in [2.05, 4.69) is 5.32 Å². The van der Waals surface area contributed by atoms with E-state index >= 15 is 0 Å². The standard InChI is InChI=1S/C9H16N2O5/c1-4(2)7(9(15)16)11-8(14)5(10)3-6(12)13/h4-5,7H,3,10H2,1-2H3,(H,11,14)(H,12,13)(H,15,16)/t5-,7-/m1/s1. The molecule has 0 bridgehead atoms. The van der Waals surface area contributed by atoms with Crippen molar-refractivity contribution in [1.29, 1.82) is 0 Å². The molecule has 0 radical (unpaired) electrons. The first-order chi connectivity index (χ1) is 7.25. The quantitative estimate of drug-likeness (QED) is 0.465. The zero-order valence-corrected chi connectivity index (χ0v) is 9.14. The summed E-state index contributed by atoms with van der Waals surface area (Å²) in [6.07, 6.45) is -0.531. The molecule has 92 valence electrons. The van der Waals surface area contributed by atoms with Crippen molar-refractivity contribution in [1.82, 2.24) is 5.32 Å². The summed E-state index contributed by atoms with van der Waals surface area (Å²) in [6, 6.07) is -2.30. The van der Waals surface area contributed by atoms with Crippen LogP contribution in [-0.4, -0.2) is 40.1 Å². The highest BCUT2D eigenvalue weighted by atomic mass is 16.4. The lowest BCUT2D eigenvalue weighted by Gasteiger charge is -2.19. The second-order valence-electron chi connectivity index (χ2n) is 3.77. The maximum Gasteiger partial charge on any atom is 0.326 e. The van der Waals surface area contributed by atoms with Crippen molar-refractivity contribution < 1.29 is 24.6 Å². The number of hydrogen-bond donors (Lipinski definition) is 4. The molecule has 0 fully saturated rings. The van der Waals surface area contributed by atoms with Crippen molar-refractivity contribution >= 4 is 17.8 Å². The molecule has 7 heteroatoms. The Hall–Kier alpha value is -1.63. The Morgan fingerprint density at radius 1 is 1.25 bits per heavy atom. The first kappa shape index (κ1) is 14.4. The number of nitrogens with two attached hydrogens (primary N) is 1. The van der Waals surface area contributed by atoms with E-state index in [1.54, 1.807) is 13.8 Å². The predicted octanol–water partition coefficient (Wildman–Crippen LogP) is -0.986. The van der Waals surface area contributed by atoms with E-state index in [9.17, 15) is 14.4 Å². The third kappa shape index (κ3) is 4.74. The minimum Gasteiger partial charge on any atom is -0.481 e. The predicted molar refractivity (Wildman–Crippen MR) is 54.6 cm³/mol. The number of nitrogens with one attached hydrogen (secondary N) is 1. The SMILES string of the molecule is CC(C)[C@@H](NC(=O)[C@H](N)CC(=O)O)C(=O)O. The molecule has 0 aromatic carbocycles. The fourth-order valence-electron chi connectivity index (χ4n) is 1.05. The van der Waals surface area contributed by atoms with Gasteiger partial charge in [0.2, 0.25) is 5.91 Å². The molecule has 0 saturated heterocycles. The summed E-state index contributed by atoms with van der Waals surface area (Å²) < 4.78 is 0. The fourth-order valence-corrected chi connectivity index (χ4v) is 1.05. The molecule has 0 rings (SSSR count). The smallest absolute Gasteiger partial charge is 0.326 e. The van der Waals surface area contributed by atoms with Gasteiger partial charge in [0.1, 0.15) is 6.04 Å². The molecule has 1 amide bonds. The number of amides is 1. The molecule has 0 aromatic heterocycles. The Morgan fingerprint density at radius 2 is 1.75 bits per heavy atom. The van der Waals surface area contributed by atoms with Crippen molar-refractivity contribution in [3.63, 3.8) is 0 Å². The van der Waals surface area contributed by atoms with Crippen LogP contribution in [0.15, 0.2) is 0 Å². The van der Waals surface area contributed by atoms with Crippen molar-refractivity contribution in [2.24, 2.45) is 11.7 Å². The molecule has 0 heterocycles. The Morgan fingerprint density at radius 3 is 2.06 bits per heavy atom. The maximum absolute atomic E-state index is 11.3. The molecule has 0 aliphatic heterocycles. The summed E-state index contributed by atoms with van der Waals surface area (Å²) in [6.45, 7) is 3.25. The summed E-state index contributed by atoms with van der Waals surface area (Å²) >= 11 is 0. The van der Waals surface area contributed by atoms with Crippen molar-refractivity contribution in [2.75, 3.05) is 0 Å². The third-order valence-electron chi connectivity index (χ3n) is 1.96. The van der Waals surface area contributed by atoms with Crippen LogP contribution in [-0.2, 0) is 14.4 Å². The average molecular weight is 232 g/mol. The highest BCUT2D eigenvalue weighted by Gasteiger charge is 2.26. The van der Waals surface area contributed by atoms with Gasteiger partial charge in [0, 0.05) is 0 Å².